The maximum atomic E-state index is 11.6. The van der Waals surface area contributed by atoms with E-state index in [1.54, 1.807) is 30.9 Å². The molecule has 27 heavy (non-hydrogen) atoms. The summed E-state index contributed by atoms with van der Waals surface area (Å²) in [6.07, 6.45) is 4.90. The first kappa shape index (κ1) is 20.2. The summed E-state index contributed by atoms with van der Waals surface area (Å²) in [6, 6.07) is 7.80. The summed E-state index contributed by atoms with van der Waals surface area (Å²) < 4.78 is 24.5. The van der Waals surface area contributed by atoms with E-state index in [2.05, 4.69) is 24.4 Å². The van der Waals surface area contributed by atoms with Crippen molar-refractivity contribution in [2.24, 2.45) is 21.9 Å². The van der Waals surface area contributed by atoms with Gasteiger partial charge in [0, 0.05) is 12.8 Å². The van der Waals surface area contributed by atoms with E-state index in [9.17, 15) is 8.42 Å². The molecule has 0 aromatic heterocycles. The van der Waals surface area contributed by atoms with Gasteiger partial charge < -0.3 is 0 Å². The Balaban J connectivity index is 1.67. The second kappa shape index (κ2) is 8.22. The van der Waals surface area contributed by atoms with Gasteiger partial charge in [0.05, 0.1) is 23.7 Å². The molecular weight excluding hydrogens is 380 g/mol. The van der Waals surface area contributed by atoms with Crippen molar-refractivity contribution in [1.82, 2.24) is 5.43 Å². The molecule has 1 fully saturated rings. The first-order valence-electron chi connectivity index (χ1n) is 9.33. The highest BCUT2D eigenvalue weighted by molar-refractivity contribution is 8.14. The highest BCUT2D eigenvalue weighted by Crippen LogP contribution is 2.32. The van der Waals surface area contributed by atoms with Crippen molar-refractivity contribution in [3.8, 4) is 0 Å². The van der Waals surface area contributed by atoms with Crippen molar-refractivity contribution in [1.29, 1.82) is 0 Å². The third kappa shape index (κ3) is 4.85. The second-order valence-corrected chi connectivity index (χ2v) is 10.5. The van der Waals surface area contributed by atoms with Crippen LogP contribution in [0.3, 0.4) is 0 Å². The molecule has 2 aliphatic rings. The summed E-state index contributed by atoms with van der Waals surface area (Å²) in [5.41, 5.74) is 5.67. The third-order valence-electron chi connectivity index (χ3n) is 5.64. The molecule has 0 amide bonds. The fourth-order valence-corrected chi connectivity index (χ4v) is 4.80. The van der Waals surface area contributed by atoms with E-state index in [0.29, 0.717) is 17.6 Å². The largest absolute Gasteiger partial charge is 0.274 e. The number of thioether (sulfide) groups is 1. The molecule has 1 heterocycles. The molecule has 3 atom stereocenters. The number of hydrogen-bond acceptors (Lipinski definition) is 5. The van der Waals surface area contributed by atoms with E-state index in [1.807, 2.05) is 12.1 Å². The molecule has 1 aromatic carbocycles. The molecule has 0 spiro atoms. The molecular formula is C19H28N4O2S2. The molecule has 1 aromatic rings. The molecule has 0 saturated heterocycles. The lowest BCUT2D eigenvalue weighted by molar-refractivity contribution is 0.241. The number of nitrogens with one attached hydrogen (secondary N) is 1. The third-order valence-corrected chi connectivity index (χ3v) is 7.73. The molecule has 1 aliphatic carbocycles. The zero-order valence-corrected chi connectivity index (χ0v) is 18.0. The average molecular weight is 409 g/mol. The lowest BCUT2D eigenvalue weighted by Crippen LogP contribution is -2.32. The summed E-state index contributed by atoms with van der Waals surface area (Å²) in [7, 11) is -1.70. The summed E-state index contributed by atoms with van der Waals surface area (Å²) in [4.78, 5) is 4.91. The lowest BCUT2D eigenvalue weighted by Gasteiger charge is -2.32. The smallest absolute Gasteiger partial charge is 0.231 e. The van der Waals surface area contributed by atoms with Crippen LogP contribution >= 0.6 is 11.8 Å². The monoisotopic (exact) mass is 408 g/mol. The standard InChI is InChI=1S/C19H28N4O2S2/c1-13-6-5-7-17(14(13)2)20-19-22-21-18(12-26-19)15-8-10-16(11-9-15)23(3)27(4,24)25/h8-11,13-14,17H,5-7,12H2,1-4H3,(H,20,22)/t13-,14-,17+/m1/s1. The minimum Gasteiger partial charge on any atom is -0.274 e. The summed E-state index contributed by atoms with van der Waals surface area (Å²) in [6.45, 7) is 4.62. The summed E-state index contributed by atoms with van der Waals surface area (Å²) >= 11 is 1.68. The number of sulfonamides is 1. The maximum Gasteiger partial charge on any atom is 0.231 e. The van der Waals surface area contributed by atoms with Crippen LogP contribution in [-0.2, 0) is 10.0 Å². The van der Waals surface area contributed by atoms with Gasteiger partial charge in [-0.05, 0) is 36.0 Å². The van der Waals surface area contributed by atoms with E-state index >= 15 is 0 Å². The van der Waals surface area contributed by atoms with Crippen LogP contribution in [0.15, 0.2) is 34.4 Å². The number of nitrogens with zero attached hydrogens (tertiary/aromatic N) is 3. The number of benzene rings is 1. The molecule has 0 unspecified atom stereocenters. The van der Waals surface area contributed by atoms with Crippen LogP contribution in [0.25, 0.3) is 0 Å². The zero-order valence-electron chi connectivity index (χ0n) is 16.3. The predicted octanol–water partition coefficient (Wildman–Crippen LogP) is 3.30. The van der Waals surface area contributed by atoms with Crippen molar-refractivity contribution in [3.63, 3.8) is 0 Å². The van der Waals surface area contributed by atoms with Gasteiger partial charge in [-0.25, -0.2) is 8.42 Å². The number of hydrogen-bond donors (Lipinski definition) is 1. The van der Waals surface area contributed by atoms with E-state index < -0.39 is 10.0 Å². The lowest BCUT2D eigenvalue weighted by atomic mass is 9.78. The maximum absolute atomic E-state index is 11.6. The van der Waals surface area contributed by atoms with Gasteiger partial charge in [-0.3, -0.25) is 14.7 Å². The van der Waals surface area contributed by atoms with Gasteiger partial charge in [0.2, 0.25) is 10.0 Å². The minimum absolute atomic E-state index is 0.381. The van der Waals surface area contributed by atoms with Gasteiger partial charge in [0.25, 0.3) is 0 Å². The quantitative estimate of drug-likeness (QED) is 0.829. The fraction of sp³-hybridized carbons (Fsp3) is 0.579. The Morgan fingerprint density at radius 1 is 1.22 bits per heavy atom. The first-order valence-corrected chi connectivity index (χ1v) is 12.2. The average Bonchev–Trinajstić information content (AvgIpc) is 2.65. The molecule has 1 N–H and O–H groups in total. The molecule has 0 radical (unpaired) electrons. The van der Waals surface area contributed by atoms with Crippen LogP contribution < -0.4 is 9.73 Å². The summed E-state index contributed by atoms with van der Waals surface area (Å²) in [5.74, 6) is 2.09. The molecule has 1 saturated carbocycles. The highest BCUT2D eigenvalue weighted by atomic mass is 32.2. The summed E-state index contributed by atoms with van der Waals surface area (Å²) in [5, 5.41) is 5.40. The second-order valence-electron chi connectivity index (χ2n) is 7.51. The molecule has 148 valence electrons. The number of hydrazone groups is 1. The van der Waals surface area contributed by atoms with Gasteiger partial charge in [-0.15, -0.1) is 0 Å². The van der Waals surface area contributed by atoms with Gasteiger partial charge in [0.15, 0.2) is 5.17 Å². The van der Waals surface area contributed by atoms with Crippen molar-refractivity contribution in [3.05, 3.63) is 29.8 Å². The Kier molecular flexibility index (Phi) is 6.15. The first-order chi connectivity index (χ1) is 12.8. The van der Waals surface area contributed by atoms with Crippen LogP contribution in [0.4, 0.5) is 5.69 Å². The molecule has 3 rings (SSSR count). The van der Waals surface area contributed by atoms with Crippen LogP contribution in [-0.4, -0.2) is 44.4 Å². The van der Waals surface area contributed by atoms with Gasteiger partial charge >= 0.3 is 0 Å². The molecule has 8 heteroatoms. The normalized spacial score (nSPS) is 27.8. The van der Waals surface area contributed by atoms with Crippen LogP contribution in [0.5, 0.6) is 0 Å². The van der Waals surface area contributed by atoms with E-state index in [0.717, 1.165) is 34.5 Å². The zero-order chi connectivity index (χ0) is 19.6. The van der Waals surface area contributed by atoms with E-state index in [4.69, 9.17) is 4.99 Å². The van der Waals surface area contributed by atoms with Crippen molar-refractivity contribution in [2.45, 2.75) is 39.2 Å². The Hall–Kier alpha value is -1.54. The van der Waals surface area contributed by atoms with Gasteiger partial charge in [-0.2, -0.15) is 5.10 Å². The number of anilines is 1. The molecule has 1 aliphatic heterocycles. The van der Waals surface area contributed by atoms with Crippen molar-refractivity contribution in [2.75, 3.05) is 23.4 Å². The highest BCUT2D eigenvalue weighted by Gasteiger charge is 2.27. The number of aliphatic imine (C=N–C) groups is 1. The fourth-order valence-electron chi connectivity index (χ4n) is 3.47. The topological polar surface area (TPSA) is 74.1 Å². The van der Waals surface area contributed by atoms with E-state index in [-0.39, 0.29) is 0 Å². The Labute approximate surface area is 166 Å². The Bertz CT molecular complexity index is 834. The van der Waals surface area contributed by atoms with Crippen LogP contribution in [0.1, 0.15) is 38.7 Å². The number of amidine groups is 1. The predicted molar refractivity (Wildman–Crippen MR) is 115 cm³/mol. The van der Waals surface area contributed by atoms with Crippen molar-refractivity contribution >= 4 is 38.4 Å². The SMILES string of the molecule is C[C@@H]1[C@H](C)CCC[C@@H]1N=C1NN=C(c2ccc(N(C)S(C)(=O)=O)cc2)CS1. The van der Waals surface area contributed by atoms with Crippen LogP contribution in [0.2, 0.25) is 0 Å². The Morgan fingerprint density at radius 2 is 1.93 bits per heavy atom. The number of rotatable bonds is 4. The molecule has 6 nitrogen and oxygen atoms in total. The van der Waals surface area contributed by atoms with Gasteiger partial charge in [-0.1, -0.05) is 50.6 Å². The molecule has 0 bridgehead atoms. The van der Waals surface area contributed by atoms with E-state index in [1.165, 1.54) is 23.4 Å². The van der Waals surface area contributed by atoms with Gasteiger partial charge in [0.1, 0.15) is 0 Å². The van der Waals surface area contributed by atoms with Crippen molar-refractivity contribution < 1.29 is 8.42 Å². The Morgan fingerprint density at radius 3 is 2.52 bits per heavy atom. The minimum atomic E-state index is -3.25. The van der Waals surface area contributed by atoms with Crippen LogP contribution in [0, 0.1) is 11.8 Å².